The summed E-state index contributed by atoms with van der Waals surface area (Å²) in [5.74, 6) is 0.625. The minimum Gasteiger partial charge on any atom is -0.484 e. The maximum atomic E-state index is 12.4. The van der Waals surface area contributed by atoms with Crippen LogP contribution < -0.4 is 10.1 Å². The van der Waals surface area contributed by atoms with Crippen LogP contribution in [0.1, 0.15) is 11.6 Å². The van der Waals surface area contributed by atoms with Gasteiger partial charge in [-0.25, -0.2) is 0 Å². The van der Waals surface area contributed by atoms with Gasteiger partial charge in [-0.05, 0) is 52.3 Å². The van der Waals surface area contributed by atoms with Crippen molar-refractivity contribution in [3.05, 3.63) is 64.9 Å². The van der Waals surface area contributed by atoms with Gasteiger partial charge in [-0.15, -0.1) is 0 Å². The number of piperazine rings is 1. The van der Waals surface area contributed by atoms with Crippen molar-refractivity contribution in [2.45, 2.75) is 6.04 Å². The third kappa shape index (κ3) is 5.15. The van der Waals surface area contributed by atoms with Crippen LogP contribution >= 0.6 is 11.3 Å². The van der Waals surface area contributed by atoms with Gasteiger partial charge in [0.05, 0.1) is 6.04 Å². The molecule has 4 rings (SSSR count). The zero-order valence-electron chi connectivity index (χ0n) is 16.7. The number of carbonyl (C=O) groups excluding carboxylic acids is 1. The van der Waals surface area contributed by atoms with Crippen molar-refractivity contribution in [1.29, 1.82) is 0 Å². The average Bonchev–Trinajstić information content (AvgIpc) is 3.28. The molecule has 2 heterocycles. The Labute approximate surface area is 175 Å². The highest BCUT2D eigenvalue weighted by molar-refractivity contribution is 7.07. The summed E-state index contributed by atoms with van der Waals surface area (Å²) in [6.45, 7) is 4.76. The highest BCUT2D eigenvalue weighted by Gasteiger charge is 2.24. The van der Waals surface area contributed by atoms with E-state index in [2.05, 4.69) is 45.1 Å². The van der Waals surface area contributed by atoms with Gasteiger partial charge in [0.25, 0.3) is 5.91 Å². The molecule has 1 amide bonds. The largest absolute Gasteiger partial charge is 0.484 e. The van der Waals surface area contributed by atoms with Crippen molar-refractivity contribution < 1.29 is 9.53 Å². The molecule has 0 aliphatic carbocycles. The predicted molar refractivity (Wildman–Crippen MR) is 119 cm³/mol. The van der Waals surface area contributed by atoms with E-state index in [1.54, 1.807) is 11.3 Å². The molecular formula is C23H27N3O2S. The SMILES string of the molecule is CN1CCN([C@H](CNC(=O)COc2ccc3ccccc3c2)c2ccsc2)CC1. The van der Waals surface area contributed by atoms with Gasteiger partial charge in [0.15, 0.2) is 6.61 Å². The molecule has 1 aromatic heterocycles. The first kappa shape index (κ1) is 19.9. The Morgan fingerprint density at radius 1 is 1.10 bits per heavy atom. The van der Waals surface area contributed by atoms with Gasteiger partial charge in [0.1, 0.15) is 5.75 Å². The third-order valence-corrected chi connectivity index (χ3v) is 6.19. The number of amides is 1. The first-order valence-electron chi connectivity index (χ1n) is 10.0. The summed E-state index contributed by atoms with van der Waals surface area (Å²) < 4.78 is 5.73. The molecule has 0 unspecified atom stereocenters. The number of ether oxygens (including phenoxy) is 1. The van der Waals surface area contributed by atoms with Gasteiger partial charge in [-0.1, -0.05) is 30.3 Å². The predicted octanol–water partition coefficient (Wildman–Crippen LogP) is 3.39. The molecule has 6 heteroatoms. The van der Waals surface area contributed by atoms with Crippen LogP contribution in [-0.4, -0.2) is 62.1 Å². The number of fused-ring (bicyclic) bond motifs is 1. The van der Waals surface area contributed by atoms with Crippen LogP contribution in [0.4, 0.5) is 0 Å². The number of benzene rings is 2. The van der Waals surface area contributed by atoms with Crippen molar-refractivity contribution >= 4 is 28.0 Å². The number of rotatable bonds is 7. The Bertz CT molecular complexity index is 936. The highest BCUT2D eigenvalue weighted by atomic mass is 32.1. The lowest BCUT2D eigenvalue weighted by atomic mass is 10.1. The summed E-state index contributed by atoms with van der Waals surface area (Å²) in [7, 11) is 2.16. The van der Waals surface area contributed by atoms with E-state index < -0.39 is 0 Å². The summed E-state index contributed by atoms with van der Waals surface area (Å²) in [5.41, 5.74) is 1.27. The Balaban J connectivity index is 1.32. The summed E-state index contributed by atoms with van der Waals surface area (Å²) in [4.78, 5) is 17.2. The van der Waals surface area contributed by atoms with E-state index >= 15 is 0 Å². The molecule has 0 bridgehead atoms. The number of carbonyl (C=O) groups is 1. The van der Waals surface area contributed by atoms with Crippen molar-refractivity contribution in [3.8, 4) is 5.75 Å². The molecule has 29 heavy (non-hydrogen) atoms. The van der Waals surface area contributed by atoms with Gasteiger partial charge in [0.2, 0.25) is 0 Å². The molecule has 1 atom stereocenters. The van der Waals surface area contributed by atoms with E-state index in [1.807, 2.05) is 36.4 Å². The fourth-order valence-electron chi connectivity index (χ4n) is 3.72. The van der Waals surface area contributed by atoms with E-state index in [4.69, 9.17) is 4.74 Å². The molecule has 1 fully saturated rings. The molecular weight excluding hydrogens is 382 g/mol. The Morgan fingerprint density at radius 2 is 1.90 bits per heavy atom. The molecule has 152 valence electrons. The second kappa shape index (κ2) is 9.39. The van der Waals surface area contributed by atoms with Crippen LogP contribution in [0.2, 0.25) is 0 Å². The normalized spacial score (nSPS) is 16.6. The van der Waals surface area contributed by atoms with Gasteiger partial charge in [-0.2, -0.15) is 11.3 Å². The van der Waals surface area contributed by atoms with E-state index in [0.29, 0.717) is 12.3 Å². The van der Waals surface area contributed by atoms with Crippen LogP contribution in [0.25, 0.3) is 10.8 Å². The molecule has 5 nitrogen and oxygen atoms in total. The average molecular weight is 410 g/mol. The van der Waals surface area contributed by atoms with E-state index in [0.717, 1.165) is 37.0 Å². The Kier molecular flexibility index (Phi) is 6.44. The van der Waals surface area contributed by atoms with Crippen molar-refractivity contribution in [2.24, 2.45) is 0 Å². The van der Waals surface area contributed by atoms with Crippen LogP contribution in [0.3, 0.4) is 0 Å². The molecule has 0 spiro atoms. The molecule has 3 aromatic rings. The molecule has 1 aliphatic rings. The fourth-order valence-corrected chi connectivity index (χ4v) is 4.43. The van der Waals surface area contributed by atoms with Gasteiger partial charge < -0.3 is 15.0 Å². The van der Waals surface area contributed by atoms with Crippen molar-refractivity contribution in [2.75, 3.05) is 46.4 Å². The van der Waals surface area contributed by atoms with Crippen molar-refractivity contribution in [1.82, 2.24) is 15.1 Å². The molecule has 2 aromatic carbocycles. The lowest BCUT2D eigenvalue weighted by Crippen LogP contribution is -2.48. The zero-order chi connectivity index (χ0) is 20.1. The van der Waals surface area contributed by atoms with Gasteiger partial charge >= 0.3 is 0 Å². The number of nitrogens with one attached hydrogen (secondary N) is 1. The van der Waals surface area contributed by atoms with E-state index in [-0.39, 0.29) is 18.6 Å². The van der Waals surface area contributed by atoms with E-state index in [9.17, 15) is 4.79 Å². The second-order valence-electron chi connectivity index (χ2n) is 7.51. The van der Waals surface area contributed by atoms with Crippen molar-refractivity contribution in [3.63, 3.8) is 0 Å². The minimum atomic E-state index is -0.0903. The number of thiophene rings is 1. The summed E-state index contributed by atoms with van der Waals surface area (Å²) in [6.07, 6.45) is 0. The molecule has 1 saturated heterocycles. The maximum Gasteiger partial charge on any atom is 0.258 e. The quantitative estimate of drug-likeness (QED) is 0.650. The standard InChI is InChI=1S/C23H27N3O2S/c1-25-9-11-26(12-10-25)22(20-8-13-29-17-20)15-24-23(27)16-28-21-7-6-18-4-2-3-5-19(18)14-21/h2-8,13-14,17,22H,9-12,15-16H2,1H3,(H,24,27)/t22-/m1/s1. The number of nitrogens with zero attached hydrogens (tertiary/aromatic N) is 2. The summed E-state index contributed by atoms with van der Waals surface area (Å²) >= 11 is 1.70. The van der Waals surface area contributed by atoms with Crippen LogP contribution in [0.15, 0.2) is 59.3 Å². The maximum absolute atomic E-state index is 12.4. The van der Waals surface area contributed by atoms with Crippen LogP contribution in [0, 0.1) is 0 Å². The molecule has 1 aliphatic heterocycles. The lowest BCUT2D eigenvalue weighted by molar-refractivity contribution is -0.123. The van der Waals surface area contributed by atoms with Crippen LogP contribution in [-0.2, 0) is 4.79 Å². The number of hydrogen-bond donors (Lipinski definition) is 1. The molecule has 0 radical (unpaired) electrons. The zero-order valence-corrected chi connectivity index (χ0v) is 17.5. The first-order chi connectivity index (χ1) is 14.2. The monoisotopic (exact) mass is 409 g/mol. The molecule has 1 N–H and O–H groups in total. The smallest absolute Gasteiger partial charge is 0.258 e. The summed E-state index contributed by atoms with van der Waals surface area (Å²) in [5, 5.41) is 9.63. The number of likely N-dealkylation sites (N-methyl/N-ethyl adjacent to an activating group) is 1. The lowest BCUT2D eigenvalue weighted by Gasteiger charge is -2.38. The second-order valence-corrected chi connectivity index (χ2v) is 8.29. The molecule has 0 saturated carbocycles. The Hall–Kier alpha value is -2.41. The fraction of sp³-hybridized carbons (Fsp3) is 0.348. The topological polar surface area (TPSA) is 44.8 Å². The van der Waals surface area contributed by atoms with Gasteiger partial charge in [0, 0.05) is 32.7 Å². The Morgan fingerprint density at radius 3 is 2.66 bits per heavy atom. The number of hydrogen-bond acceptors (Lipinski definition) is 5. The van der Waals surface area contributed by atoms with E-state index in [1.165, 1.54) is 5.56 Å². The highest BCUT2D eigenvalue weighted by Crippen LogP contribution is 2.24. The first-order valence-corrected chi connectivity index (χ1v) is 11.0. The summed E-state index contributed by atoms with van der Waals surface area (Å²) in [6, 6.07) is 16.4. The van der Waals surface area contributed by atoms with Crippen LogP contribution in [0.5, 0.6) is 5.75 Å². The minimum absolute atomic E-state index is 0.0252. The third-order valence-electron chi connectivity index (χ3n) is 5.49. The van der Waals surface area contributed by atoms with Gasteiger partial charge in [-0.3, -0.25) is 9.69 Å².